The molecule has 0 amide bonds. The van der Waals surface area contributed by atoms with Gasteiger partial charge in [-0.1, -0.05) is 15.9 Å². The maximum atomic E-state index is 5.42. The van der Waals surface area contributed by atoms with Gasteiger partial charge in [-0.2, -0.15) is 5.10 Å². The summed E-state index contributed by atoms with van der Waals surface area (Å²) in [5, 5.41) is 7.90. The molecule has 0 aliphatic heterocycles. The van der Waals surface area contributed by atoms with E-state index in [0.29, 0.717) is 6.54 Å². The van der Waals surface area contributed by atoms with Crippen LogP contribution in [0.2, 0.25) is 0 Å². The predicted octanol–water partition coefficient (Wildman–Crippen LogP) is 3.73. The number of anilines is 1. The second-order valence-electron chi connectivity index (χ2n) is 4.96. The van der Waals surface area contributed by atoms with Crippen molar-refractivity contribution >= 4 is 21.6 Å². The van der Waals surface area contributed by atoms with Crippen LogP contribution in [-0.4, -0.2) is 16.9 Å². The molecule has 108 valence electrons. The monoisotopic (exact) mass is 337 g/mol. The van der Waals surface area contributed by atoms with Gasteiger partial charge in [0.1, 0.15) is 0 Å². The third-order valence-electron chi connectivity index (χ3n) is 3.42. The summed E-state index contributed by atoms with van der Waals surface area (Å²) in [5.41, 5.74) is 5.69. The maximum Gasteiger partial charge on any atom is 0.216 e. The fourth-order valence-corrected chi connectivity index (χ4v) is 3.19. The Bertz CT molecular complexity index is 611. The summed E-state index contributed by atoms with van der Waals surface area (Å²) in [7, 11) is 3.57. The second kappa shape index (κ2) is 5.87. The van der Waals surface area contributed by atoms with Gasteiger partial charge >= 0.3 is 0 Å². The summed E-state index contributed by atoms with van der Waals surface area (Å²) in [6.45, 7) is 6.91. The van der Waals surface area contributed by atoms with E-state index < -0.39 is 0 Å². The Kier molecular flexibility index (Phi) is 4.38. The number of nitrogens with one attached hydrogen (secondary N) is 1. The zero-order chi connectivity index (χ0) is 14.9. The molecule has 20 heavy (non-hydrogen) atoms. The minimum atomic E-state index is 0.701. The number of hydrogen-bond donors (Lipinski definition) is 1. The highest BCUT2D eigenvalue weighted by molar-refractivity contribution is 9.10. The molecule has 1 heterocycles. The van der Waals surface area contributed by atoms with Gasteiger partial charge in [0.15, 0.2) is 0 Å². The summed E-state index contributed by atoms with van der Waals surface area (Å²) in [6, 6.07) is 4.23. The van der Waals surface area contributed by atoms with Crippen LogP contribution in [-0.2, 0) is 13.6 Å². The second-order valence-corrected chi connectivity index (χ2v) is 5.88. The van der Waals surface area contributed by atoms with E-state index in [9.17, 15) is 0 Å². The van der Waals surface area contributed by atoms with Crippen molar-refractivity contribution in [3.8, 4) is 5.88 Å². The zero-order valence-corrected chi connectivity index (χ0v) is 14.1. The first kappa shape index (κ1) is 14.9. The highest BCUT2D eigenvalue weighted by atomic mass is 79.9. The molecule has 5 heteroatoms. The minimum Gasteiger partial charge on any atom is -0.481 e. The first-order valence-electron chi connectivity index (χ1n) is 6.51. The largest absolute Gasteiger partial charge is 0.481 e. The highest BCUT2D eigenvalue weighted by Crippen LogP contribution is 2.27. The molecule has 0 spiro atoms. The molecular weight excluding hydrogens is 318 g/mol. The fourth-order valence-electron chi connectivity index (χ4n) is 2.51. The molecule has 0 aliphatic rings. The normalized spacial score (nSPS) is 10.7. The average Bonchev–Trinajstić information content (AvgIpc) is 2.62. The summed E-state index contributed by atoms with van der Waals surface area (Å²) in [4.78, 5) is 0. The summed E-state index contributed by atoms with van der Waals surface area (Å²) < 4.78 is 8.29. The molecule has 0 saturated heterocycles. The number of hydrogen-bond acceptors (Lipinski definition) is 3. The van der Waals surface area contributed by atoms with Gasteiger partial charge in [-0.25, -0.2) is 4.68 Å². The topological polar surface area (TPSA) is 39.1 Å². The lowest BCUT2D eigenvalue weighted by atomic mass is 10.1. The third kappa shape index (κ3) is 2.82. The van der Waals surface area contributed by atoms with Crippen molar-refractivity contribution in [1.82, 2.24) is 9.78 Å². The van der Waals surface area contributed by atoms with Gasteiger partial charge in [-0.15, -0.1) is 0 Å². The molecule has 2 aromatic rings. The molecule has 0 atom stereocenters. The van der Waals surface area contributed by atoms with E-state index in [1.807, 2.05) is 14.0 Å². The van der Waals surface area contributed by atoms with Crippen molar-refractivity contribution in [2.75, 3.05) is 12.4 Å². The van der Waals surface area contributed by atoms with Crippen molar-refractivity contribution in [3.05, 3.63) is 39.0 Å². The van der Waals surface area contributed by atoms with Gasteiger partial charge in [0.25, 0.3) is 0 Å². The van der Waals surface area contributed by atoms with E-state index in [1.165, 1.54) is 16.8 Å². The molecule has 1 N–H and O–H groups in total. The van der Waals surface area contributed by atoms with Gasteiger partial charge in [-0.3, -0.25) is 0 Å². The predicted molar refractivity (Wildman–Crippen MR) is 85.4 cm³/mol. The summed E-state index contributed by atoms with van der Waals surface area (Å²) >= 11 is 3.52. The number of benzene rings is 1. The Balaban J connectivity index is 2.26. The van der Waals surface area contributed by atoms with Gasteiger partial charge in [0.05, 0.1) is 18.4 Å². The lowest BCUT2D eigenvalue weighted by molar-refractivity contribution is 0.370. The van der Waals surface area contributed by atoms with E-state index >= 15 is 0 Å². The molecular formula is C15H20BrN3O. The van der Waals surface area contributed by atoms with Crippen LogP contribution in [0, 0.1) is 20.8 Å². The number of methoxy groups -OCH3 is 1. The number of rotatable bonds is 4. The minimum absolute atomic E-state index is 0.701. The third-order valence-corrected chi connectivity index (χ3v) is 3.88. The summed E-state index contributed by atoms with van der Waals surface area (Å²) in [5.74, 6) is 0.808. The molecule has 1 aromatic carbocycles. The molecule has 0 unspecified atom stereocenters. The van der Waals surface area contributed by atoms with Crippen LogP contribution < -0.4 is 10.1 Å². The zero-order valence-electron chi connectivity index (χ0n) is 12.5. The van der Waals surface area contributed by atoms with Crippen LogP contribution in [0.5, 0.6) is 5.88 Å². The van der Waals surface area contributed by atoms with Crippen LogP contribution in [0.4, 0.5) is 5.69 Å². The van der Waals surface area contributed by atoms with Crippen LogP contribution in [0.25, 0.3) is 0 Å². The number of ether oxygens (including phenoxy) is 1. The van der Waals surface area contributed by atoms with E-state index in [0.717, 1.165) is 21.6 Å². The van der Waals surface area contributed by atoms with Gasteiger partial charge < -0.3 is 10.1 Å². The molecule has 4 nitrogen and oxygen atoms in total. The molecule has 2 rings (SSSR count). The van der Waals surface area contributed by atoms with Crippen molar-refractivity contribution in [2.24, 2.45) is 7.05 Å². The van der Waals surface area contributed by atoms with Crippen LogP contribution in [0.1, 0.15) is 22.4 Å². The van der Waals surface area contributed by atoms with Crippen molar-refractivity contribution < 1.29 is 4.74 Å². The van der Waals surface area contributed by atoms with Gasteiger partial charge in [-0.05, 0) is 44.0 Å². The molecule has 0 aliphatic carbocycles. The van der Waals surface area contributed by atoms with E-state index in [1.54, 1.807) is 11.8 Å². The molecule has 0 radical (unpaired) electrons. The Hall–Kier alpha value is -1.49. The standard InChI is InChI=1S/C15H20BrN3O/c1-9-6-12(16)7-10(2)14(9)17-8-13-11(3)18-19(4)15(13)20-5/h6-7,17H,8H2,1-5H3. The Morgan fingerprint density at radius 2 is 1.85 bits per heavy atom. The van der Waals surface area contributed by atoms with E-state index in [2.05, 4.69) is 52.3 Å². The number of aromatic nitrogens is 2. The molecule has 0 bridgehead atoms. The number of nitrogens with zero attached hydrogens (tertiary/aromatic N) is 2. The van der Waals surface area contributed by atoms with Crippen LogP contribution in [0.3, 0.4) is 0 Å². The van der Waals surface area contributed by atoms with Gasteiger partial charge in [0, 0.05) is 23.8 Å². The maximum absolute atomic E-state index is 5.42. The lowest BCUT2D eigenvalue weighted by Crippen LogP contribution is -2.05. The van der Waals surface area contributed by atoms with E-state index in [4.69, 9.17) is 4.74 Å². The van der Waals surface area contributed by atoms with Crippen molar-refractivity contribution in [1.29, 1.82) is 0 Å². The Morgan fingerprint density at radius 3 is 2.40 bits per heavy atom. The van der Waals surface area contributed by atoms with Gasteiger partial charge in [0.2, 0.25) is 5.88 Å². The van der Waals surface area contributed by atoms with Crippen molar-refractivity contribution in [2.45, 2.75) is 27.3 Å². The van der Waals surface area contributed by atoms with Crippen LogP contribution in [0.15, 0.2) is 16.6 Å². The first-order valence-corrected chi connectivity index (χ1v) is 7.30. The number of aryl methyl sites for hydroxylation is 4. The lowest BCUT2D eigenvalue weighted by Gasteiger charge is -2.14. The fraction of sp³-hybridized carbons (Fsp3) is 0.400. The van der Waals surface area contributed by atoms with Crippen LogP contribution >= 0.6 is 15.9 Å². The number of halogens is 1. The smallest absolute Gasteiger partial charge is 0.216 e. The Labute approximate surface area is 128 Å². The average molecular weight is 338 g/mol. The Morgan fingerprint density at radius 1 is 1.25 bits per heavy atom. The highest BCUT2D eigenvalue weighted by Gasteiger charge is 2.14. The quantitative estimate of drug-likeness (QED) is 0.923. The molecule has 1 aromatic heterocycles. The SMILES string of the molecule is COc1c(CNc2c(C)cc(Br)cc2C)c(C)nn1C. The molecule has 0 fully saturated rings. The molecule has 0 saturated carbocycles. The van der Waals surface area contributed by atoms with Crippen molar-refractivity contribution in [3.63, 3.8) is 0 Å². The summed E-state index contributed by atoms with van der Waals surface area (Å²) in [6.07, 6.45) is 0. The van der Waals surface area contributed by atoms with E-state index in [-0.39, 0.29) is 0 Å². The first-order chi connectivity index (χ1) is 9.43.